The number of aryl methyl sites for hydroxylation is 1. The molecule has 0 saturated heterocycles. The number of hydrogen-bond acceptors (Lipinski definition) is 3. The van der Waals surface area contributed by atoms with E-state index in [1.165, 1.54) is 19.2 Å². The van der Waals surface area contributed by atoms with E-state index in [1.807, 2.05) is 0 Å². The average Bonchev–Trinajstić information content (AvgIpc) is 2.02. The maximum absolute atomic E-state index is 10.6. The summed E-state index contributed by atoms with van der Waals surface area (Å²) in [6.07, 6.45) is 1.27. The van der Waals surface area contributed by atoms with Crippen molar-refractivity contribution in [1.29, 1.82) is 0 Å². The number of carbonyl (C=O) groups is 2. The SMILES string of the molecule is Cc1nccc(C(=O)O)c1C(=O)O. The van der Waals surface area contributed by atoms with Gasteiger partial charge in [0.05, 0.1) is 16.8 Å². The number of aromatic carboxylic acids is 2. The second kappa shape index (κ2) is 3.22. The summed E-state index contributed by atoms with van der Waals surface area (Å²) < 4.78 is 0. The molecule has 1 aromatic rings. The molecule has 0 amide bonds. The van der Waals surface area contributed by atoms with Crippen molar-refractivity contribution in [3.63, 3.8) is 0 Å². The lowest BCUT2D eigenvalue weighted by Gasteiger charge is -2.02. The molecule has 13 heavy (non-hydrogen) atoms. The van der Waals surface area contributed by atoms with Crippen LogP contribution >= 0.6 is 0 Å². The van der Waals surface area contributed by atoms with Crippen molar-refractivity contribution in [2.24, 2.45) is 0 Å². The molecule has 0 aliphatic carbocycles. The minimum atomic E-state index is -1.27. The van der Waals surface area contributed by atoms with Crippen LogP contribution in [0.25, 0.3) is 0 Å². The topological polar surface area (TPSA) is 87.5 Å². The Balaban J connectivity index is 3.43. The Morgan fingerprint density at radius 3 is 2.31 bits per heavy atom. The van der Waals surface area contributed by atoms with Crippen LogP contribution in [0.2, 0.25) is 0 Å². The van der Waals surface area contributed by atoms with Crippen LogP contribution in [0.1, 0.15) is 26.4 Å². The molecular weight excluding hydrogens is 174 g/mol. The van der Waals surface area contributed by atoms with Gasteiger partial charge in [-0.2, -0.15) is 0 Å². The van der Waals surface area contributed by atoms with Gasteiger partial charge in [0.15, 0.2) is 0 Å². The average molecular weight is 181 g/mol. The molecule has 0 bridgehead atoms. The Morgan fingerprint density at radius 2 is 1.92 bits per heavy atom. The first kappa shape index (κ1) is 9.18. The molecule has 0 aromatic carbocycles. The Bertz CT molecular complexity index is 372. The van der Waals surface area contributed by atoms with Crippen molar-refractivity contribution in [3.8, 4) is 0 Å². The summed E-state index contributed by atoms with van der Waals surface area (Å²) in [5.74, 6) is -2.54. The highest BCUT2D eigenvalue weighted by molar-refractivity contribution is 6.02. The number of carboxylic acid groups (broad SMARTS) is 2. The molecule has 2 N–H and O–H groups in total. The lowest BCUT2D eigenvalue weighted by atomic mass is 10.1. The van der Waals surface area contributed by atoms with E-state index in [0.717, 1.165) is 0 Å². The second-order valence-corrected chi connectivity index (χ2v) is 2.43. The molecule has 68 valence electrons. The first-order valence-corrected chi connectivity index (χ1v) is 3.46. The van der Waals surface area contributed by atoms with E-state index < -0.39 is 11.9 Å². The predicted octanol–water partition coefficient (Wildman–Crippen LogP) is 0.786. The first-order valence-electron chi connectivity index (χ1n) is 3.46. The summed E-state index contributed by atoms with van der Waals surface area (Å²) in [6, 6.07) is 1.17. The molecule has 0 fully saturated rings. The smallest absolute Gasteiger partial charge is 0.338 e. The van der Waals surface area contributed by atoms with E-state index in [-0.39, 0.29) is 16.8 Å². The maximum Gasteiger partial charge on any atom is 0.338 e. The van der Waals surface area contributed by atoms with Crippen molar-refractivity contribution in [2.45, 2.75) is 6.92 Å². The van der Waals surface area contributed by atoms with Crippen LogP contribution in [0.3, 0.4) is 0 Å². The largest absolute Gasteiger partial charge is 0.478 e. The van der Waals surface area contributed by atoms with Gasteiger partial charge in [0.25, 0.3) is 0 Å². The van der Waals surface area contributed by atoms with Crippen LogP contribution in [0, 0.1) is 6.92 Å². The molecule has 0 spiro atoms. The number of pyridine rings is 1. The monoisotopic (exact) mass is 181 g/mol. The Kier molecular flexibility index (Phi) is 2.27. The normalized spacial score (nSPS) is 9.62. The summed E-state index contributed by atoms with van der Waals surface area (Å²) in [4.78, 5) is 24.9. The van der Waals surface area contributed by atoms with E-state index in [2.05, 4.69) is 4.98 Å². The minimum Gasteiger partial charge on any atom is -0.478 e. The molecule has 0 aliphatic rings. The Morgan fingerprint density at radius 1 is 1.31 bits per heavy atom. The first-order chi connectivity index (χ1) is 6.04. The lowest BCUT2D eigenvalue weighted by molar-refractivity contribution is 0.0650. The molecule has 0 aliphatic heterocycles. The third kappa shape index (κ3) is 1.64. The maximum atomic E-state index is 10.6. The van der Waals surface area contributed by atoms with Gasteiger partial charge in [0.1, 0.15) is 0 Å². The fraction of sp³-hybridized carbons (Fsp3) is 0.125. The summed E-state index contributed by atoms with van der Waals surface area (Å²) in [5.41, 5.74) is -0.289. The van der Waals surface area contributed by atoms with Crippen LogP contribution in [0.15, 0.2) is 12.3 Å². The van der Waals surface area contributed by atoms with Crippen LogP contribution in [-0.2, 0) is 0 Å². The summed E-state index contributed by atoms with van der Waals surface area (Å²) >= 11 is 0. The highest BCUT2D eigenvalue weighted by atomic mass is 16.4. The van der Waals surface area contributed by atoms with Gasteiger partial charge in [-0.1, -0.05) is 0 Å². The quantitative estimate of drug-likeness (QED) is 0.704. The molecule has 0 saturated carbocycles. The number of nitrogens with zero attached hydrogens (tertiary/aromatic N) is 1. The van der Waals surface area contributed by atoms with E-state index in [4.69, 9.17) is 10.2 Å². The molecule has 1 heterocycles. The third-order valence-electron chi connectivity index (χ3n) is 1.58. The number of carboxylic acids is 2. The summed E-state index contributed by atoms with van der Waals surface area (Å²) in [7, 11) is 0. The zero-order valence-electron chi connectivity index (χ0n) is 6.81. The molecular formula is C8H7NO4. The van der Waals surface area contributed by atoms with Gasteiger partial charge in [0.2, 0.25) is 0 Å². The summed E-state index contributed by atoms with van der Waals surface area (Å²) in [6.45, 7) is 1.45. The van der Waals surface area contributed by atoms with Crippen LogP contribution in [0.5, 0.6) is 0 Å². The molecule has 5 nitrogen and oxygen atoms in total. The van der Waals surface area contributed by atoms with Gasteiger partial charge in [-0.3, -0.25) is 4.98 Å². The second-order valence-electron chi connectivity index (χ2n) is 2.43. The molecule has 0 radical (unpaired) electrons. The Hall–Kier alpha value is -1.91. The molecule has 5 heteroatoms. The minimum absolute atomic E-state index is 0.201. The van der Waals surface area contributed by atoms with Crippen LogP contribution < -0.4 is 0 Å². The van der Waals surface area contributed by atoms with Gasteiger partial charge in [0, 0.05) is 6.20 Å². The van der Waals surface area contributed by atoms with Crippen LogP contribution in [-0.4, -0.2) is 27.1 Å². The van der Waals surface area contributed by atoms with Crippen molar-refractivity contribution >= 4 is 11.9 Å². The highest BCUT2D eigenvalue weighted by Crippen LogP contribution is 2.11. The zero-order chi connectivity index (χ0) is 10.0. The van der Waals surface area contributed by atoms with Crippen molar-refractivity contribution < 1.29 is 19.8 Å². The molecule has 1 aromatic heterocycles. The van der Waals surface area contributed by atoms with Gasteiger partial charge in [-0.15, -0.1) is 0 Å². The lowest BCUT2D eigenvalue weighted by Crippen LogP contribution is -2.10. The Labute approximate surface area is 73.7 Å². The van der Waals surface area contributed by atoms with Crippen molar-refractivity contribution in [3.05, 3.63) is 29.1 Å². The van der Waals surface area contributed by atoms with Crippen molar-refractivity contribution in [2.75, 3.05) is 0 Å². The van der Waals surface area contributed by atoms with E-state index in [9.17, 15) is 9.59 Å². The number of rotatable bonds is 2. The van der Waals surface area contributed by atoms with Gasteiger partial charge >= 0.3 is 11.9 Å². The van der Waals surface area contributed by atoms with E-state index in [1.54, 1.807) is 0 Å². The molecule has 0 unspecified atom stereocenters. The van der Waals surface area contributed by atoms with Gasteiger partial charge in [-0.25, -0.2) is 9.59 Å². The zero-order valence-corrected chi connectivity index (χ0v) is 6.81. The van der Waals surface area contributed by atoms with Gasteiger partial charge in [-0.05, 0) is 13.0 Å². The fourth-order valence-corrected chi connectivity index (χ4v) is 1.01. The third-order valence-corrected chi connectivity index (χ3v) is 1.58. The van der Waals surface area contributed by atoms with Crippen molar-refractivity contribution in [1.82, 2.24) is 4.98 Å². The van der Waals surface area contributed by atoms with Gasteiger partial charge < -0.3 is 10.2 Å². The standard InChI is InChI=1S/C8H7NO4/c1-4-6(8(12)13)5(7(10)11)2-3-9-4/h2-3H,1H3,(H,10,11)(H,12,13). The highest BCUT2D eigenvalue weighted by Gasteiger charge is 2.18. The predicted molar refractivity (Wildman–Crippen MR) is 42.9 cm³/mol. The molecule has 0 atom stereocenters. The summed E-state index contributed by atoms with van der Waals surface area (Å²) in [5, 5.41) is 17.3. The number of hydrogen-bond donors (Lipinski definition) is 2. The number of aromatic nitrogens is 1. The van der Waals surface area contributed by atoms with Crippen LogP contribution in [0.4, 0.5) is 0 Å². The van der Waals surface area contributed by atoms with E-state index in [0.29, 0.717) is 0 Å². The fourth-order valence-electron chi connectivity index (χ4n) is 1.01. The molecule has 1 rings (SSSR count). The van der Waals surface area contributed by atoms with E-state index >= 15 is 0 Å².